The largest absolute Gasteiger partial charge is 0.351 e. The van der Waals surface area contributed by atoms with Gasteiger partial charge in [-0.1, -0.05) is 36.2 Å². The molecule has 0 atom stereocenters. The molecule has 164 valence electrons. The first-order valence-corrected chi connectivity index (χ1v) is 10.6. The van der Waals surface area contributed by atoms with E-state index in [-0.39, 0.29) is 36.7 Å². The van der Waals surface area contributed by atoms with Gasteiger partial charge in [0.25, 0.3) is 17.7 Å². The first-order chi connectivity index (χ1) is 14.5. The summed E-state index contributed by atoms with van der Waals surface area (Å²) < 4.78 is 0. The summed E-state index contributed by atoms with van der Waals surface area (Å²) in [5.41, 5.74) is 3.08. The molecule has 0 aromatic heterocycles. The van der Waals surface area contributed by atoms with E-state index in [1.807, 2.05) is 31.2 Å². The molecule has 0 unspecified atom stereocenters. The number of hydrogen-bond acceptors (Lipinski definition) is 4. The van der Waals surface area contributed by atoms with Crippen LogP contribution in [0.4, 0.5) is 0 Å². The summed E-state index contributed by atoms with van der Waals surface area (Å²) in [5, 5.41) is 2.93. The molecule has 3 amide bonds. The Morgan fingerprint density at radius 3 is 2.32 bits per heavy atom. The van der Waals surface area contributed by atoms with Crippen molar-refractivity contribution in [3.63, 3.8) is 0 Å². The van der Waals surface area contributed by atoms with E-state index in [0.29, 0.717) is 23.2 Å². The Labute approximate surface area is 189 Å². The van der Waals surface area contributed by atoms with Gasteiger partial charge in [-0.3, -0.25) is 19.3 Å². The SMILES string of the molecule is Cc1ccc(CN2C(=O)c3ccc(C(=O)NCCN4CCCCC4)cc3C2=O)cc1.Cl. The molecular formula is C24H28ClN3O3. The molecule has 2 aromatic rings. The van der Waals surface area contributed by atoms with Crippen LogP contribution in [0.15, 0.2) is 42.5 Å². The lowest BCUT2D eigenvalue weighted by Gasteiger charge is -2.26. The van der Waals surface area contributed by atoms with E-state index in [2.05, 4.69) is 10.2 Å². The van der Waals surface area contributed by atoms with E-state index in [0.717, 1.165) is 30.8 Å². The maximum absolute atomic E-state index is 12.8. The van der Waals surface area contributed by atoms with Crippen molar-refractivity contribution in [3.05, 3.63) is 70.3 Å². The molecule has 2 heterocycles. The van der Waals surface area contributed by atoms with Gasteiger partial charge in [0.15, 0.2) is 0 Å². The molecule has 4 rings (SSSR count). The average molecular weight is 442 g/mol. The molecule has 0 spiro atoms. The number of fused-ring (bicyclic) bond motifs is 1. The first kappa shape index (κ1) is 23.0. The minimum absolute atomic E-state index is 0. The Kier molecular flexibility index (Phi) is 7.46. The molecule has 1 saturated heterocycles. The van der Waals surface area contributed by atoms with Crippen molar-refractivity contribution in [1.82, 2.24) is 15.1 Å². The van der Waals surface area contributed by atoms with E-state index in [1.165, 1.54) is 24.2 Å². The number of piperidine rings is 1. The third-order valence-corrected chi connectivity index (χ3v) is 5.86. The van der Waals surface area contributed by atoms with Gasteiger partial charge >= 0.3 is 0 Å². The molecule has 31 heavy (non-hydrogen) atoms. The normalized spacial score (nSPS) is 16.1. The highest BCUT2D eigenvalue weighted by atomic mass is 35.5. The minimum atomic E-state index is -0.349. The molecule has 1 fully saturated rings. The van der Waals surface area contributed by atoms with Gasteiger partial charge in [-0.2, -0.15) is 0 Å². The maximum atomic E-state index is 12.8. The fourth-order valence-electron chi connectivity index (χ4n) is 4.06. The van der Waals surface area contributed by atoms with E-state index in [4.69, 9.17) is 0 Å². The number of nitrogens with one attached hydrogen (secondary N) is 1. The molecule has 2 aliphatic heterocycles. The Balaban J connectivity index is 0.00000272. The van der Waals surface area contributed by atoms with Crippen LogP contribution in [-0.4, -0.2) is 53.7 Å². The average Bonchev–Trinajstić information content (AvgIpc) is 3.00. The third-order valence-electron chi connectivity index (χ3n) is 5.86. The molecule has 0 radical (unpaired) electrons. The van der Waals surface area contributed by atoms with Gasteiger partial charge in [0.2, 0.25) is 0 Å². The zero-order valence-electron chi connectivity index (χ0n) is 17.7. The summed E-state index contributed by atoms with van der Waals surface area (Å²) in [5.74, 6) is -0.877. The molecular weight excluding hydrogens is 414 g/mol. The minimum Gasteiger partial charge on any atom is -0.351 e. The molecule has 1 N–H and O–H groups in total. The monoisotopic (exact) mass is 441 g/mol. The van der Waals surface area contributed by atoms with Gasteiger partial charge < -0.3 is 10.2 Å². The van der Waals surface area contributed by atoms with E-state index < -0.39 is 0 Å². The van der Waals surface area contributed by atoms with Crippen LogP contribution in [-0.2, 0) is 6.54 Å². The molecule has 2 aromatic carbocycles. The summed E-state index contributed by atoms with van der Waals surface area (Å²) in [7, 11) is 0. The number of nitrogens with zero attached hydrogens (tertiary/aromatic N) is 2. The Morgan fingerprint density at radius 2 is 1.61 bits per heavy atom. The highest BCUT2D eigenvalue weighted by Gasteiger charge is 2.36. The summed E-state index contributed by atoms with van der Waals surface area (Å²) in [4.78, 5) is 41.7. The van der Waals surface area contributed by atoms with Crippen molar-refractivity contribution in [1.29, 1.82) is 0 Å². The van der Waals surface area contributed by atoms with Crippen LogP contribution in [0, 0.1) is 6.92 Å². The van der Waals surface area contributed by atoms with Crippen molar-refractivity contribution >= 4 is 30.1 Å². The predicted octanol–water partition coefficient (Wildman–Crippen LogP) is 3.43. The van der Waals surface area contributed by atoms with Crippen molar-refractivity contribution in [2.45, 2.75) is 32.7 Å². The van der Waals surface area contributed by atoms with Crippen molar-refractivity contribution < 1.29 is 14.4 Å². The number of amides is 3. The molecule has 0 saturated carbocycles. The van der Waals surface area contributed by atoms with Crippen LogP contribution in [0.2, 0.25) is 0 Å². The van der Waals surface area contributed by atoms with Crippen molar-refractivity contribution in [2.75, 3.05) is 26.2 Å². The van der Waals surface area contributed by atoms with Gasteiger partial charge in [0.05, 0.1) is 17.7 Å². The number of imide groups is 1. The molecule has 0 aliphatic carbocycles. The van der Waals surface area contributed by atoms with E-state index in [9.17, 15) is 14.4 Å². The molecule has 2 aliphatic rings. The maximum Gasteiger partial charge on any atom is 0.261 e. The number of carbonyl (C=O) groups is 3. The number of halogens is 1. The van der Waals surface area contributed by atoms with Crippen molar-refractivity contribution in [2.24, 2.45) is 0 Å². The second-order valence-corrected chi connectivity index (χ2v) is 8.10. The molecule has 0 bridgehead atoms. The number of benzene rings is 2. The third kappa shape index (κ3) is 5.14. The standard InChI is InChI=1S/C24H27N3O3.ClH/c1-17-5-7-18(8-6-17)16-27-23(29)20-10-9-19(15-21(20)24(27)30)22(28)25-11-14-26-12-3-2-4-13-26;/h5-10,15H,2-4,11-14,16H2,1H3,(H,25,28);1H. The van der Waals surface area contributed by atoms with E-state index in [1.54, 1.807) is 18.2 Å². The summed E-state index contributed by atoms with van der Waals surface area (Å²) >= 11 is 0. The van der Waals surface area contributed by atoms with Crippen LogP contribution < -0.4 is 5.32 Å². The lowest BCUT2D eigenvalue weighted by molar-refractivity contribution is 0.0642. The number of carbonyl (C=O) groups excluding carboxylic acids is 3. The Bertz CT molecular complexity index is 969. The van der Waals surface area contributed by atoms with Gasteiger partial charge in [-0.15, -0.1) is 12.4 Å². The lowest BCUT2D eigenvalue weighted by atomic mass is 10.1. The fourth-order valence-corrected chi connectivity index (χ4v) is 4.06. The summed E-state index contributed by atoms with van der Waals surface area (Å²) in [6.45, 7) is 5.79. The lowest BCUT2D eigenvalue weighted by Crippen LogP contribution is -2.37. The van der Waals surface area contributed by atoms with Gasteiger partial charge in [0, 0.05) is 18.7 Å². The van der Waals surface area contributed by atoms with Gasteiger partial charge in [0.1, 0.15) is 0 Å². The predicted molar refractivity (Wildman–Crippen MR) is 122 cm³/mol. The van der Waals surface area contributed by atoms with Crippen molar-refractivity contribution in [3.8, 4) is 0 Å². The highest BCUT2D eigenvalue weighted by molar-refractivity contribution is 6.22. The van der Waals surface area contributed by atoms with Gasteiger partial charge in [-0.05, 0) is 56.6 Å². The fraction of sp³-hybridized carbons (Fsp3) is 0.375. The number of aryl methyl sites for hydroxylation is 1. The Morgan fingerprint density at radius 1 is 0.935 bits per heavy atom. The topological polar surface area (TPSA) is 69.7 Å². The zero-order chi connectivity index (χ0) is 21.1. The van der Waals surface area contributed by atoms with Crippen LogP contribution in [0.3, 0.4) is 0 Å². The molecule has 6 nitrogen and oxygen atoms in total. The van der Waals surface area contributed by atoms with Crippen LogP contribution in [0.25, 0.3) is 0 Å². The number of rotatable bonds is 6. The summed E-state index contributed by atoms with van der Waals surface area (Å²) in [6.07, 6.45) is 3.72. The van der Waals surface area contributed by atoms with Crippen LogP contribution in [0.5, 0.6) is 0 Å². The number of likely N-dealkylation sites (tertiary alicyclic amines) is 1. The first-order valence-electron chi connectivity index (χ1n) is 10.6. The van der Waals surface area contributed by atoms with E-state index >= 15 is 0 Å². The molecule has 7 heteroatoms. The highest BCUT2D eigenvalue weighted by Crippen LogP contribution is 2.25. The second kappa shape index (κ2) is 10.1. The summed E-state index contributed by atoms with van der Waals surface area (Å²) in [6, 6.07) is 12.5. The smallest absolute Gasteiger partial charge is 0.261 e. The quantitative estimate of drug-likeness (QED) is 0.697. The van der Waals surface area contributed by atoms with Crippen LogP contribution >= 0.6 is 12.4 Å². The second-order valence-electron chi connectivity index (χ2n) is 8.10. The Hall–Kier alpha value is -2.70. The number of hydrogen-bond donors (Lipinski definition) is 1. The van der Waals surface area contributed by atoms with Crippen LogP contribution in [0.1, 0.15) is 61.5 Å². The van der Waals surface area contributed by atoms with Gasteiger partial charge in [-0.25, -0.2) is 0 Å². The zero-order valence-corrected chi connectivity index (χ0v) is 18.5.